The fraction of sp³-hybridized carbons (Fsp3) is 0.619. The molecule has 1 aliphatic carbocycles. The van der Waals surface area contributed by atoms with E-state index in [0.717, 1.165) is 51.4 Å². The second-order valence-electron chi connectivity index (χ2n) is 6.89. The molecule has 0 spiro atoms. The van der Waals surface area contributed by atoms with Gasteiger partial charge in [-0.05, 0) is 44.7 Å². The highest BCUT2D eigenvalue weighted by atomic mass is 19.1. The molecule has 0 saturated heterocycles. The molecule has 0 aromatic heterocycles. The maximum atomic E-state index is 14.0. The first-order valence-corrected chi connectivity index (χ1v) is 9.84. The van der Waals surface area contributed by atoms with E-state index in [9.17, 15) is 14.0 Å². The number of halogens is 1. The summed E-state index contributed by atoms with van der Waals surface area (Å²) in [5.41, 5.74) is 0.168. The molecule has 0 atom stereocenters. The van der Waals surface area contributed by atoms with E-state index in [2.05, 4.69) is 0 Å². The van der Waals surface area contributed by atoms with Crippen LogP contribution in [0.25, 0.3) is 0 Å². The number of ether oxygens (including phenoxy) is 1. The van der Waals surface area contributed by atoms with Gasteiger partial charge in [0, 0.05) is 19.0 Å². The SMILES string of the molecule is CCOC(=O)CCCCCCN(C(=O)c1ccccc1F)C1CCCC1. The van der Waals surface area contributed by atoms with Crippen LogP contribution >= 0.6 is 0 Å². The second kappa shape index (κ2) is 10.9. The Balaban J connectivity index is 1.83. The van der Waals surface area contributed by atoms with Gasteiger partial charge in [0.1, 0.15) is 5.82 Å². The van der Waals surface area contributed by atoms with Crippen molar-refractivity contribution in [1.29, 1.82) is 0 Å². The summed E-state index contributed by atoms with van der Waals surface area (Å²) in [6, 6.07) is 6.45. The molecule has 2 rings (SSSR count). The molecule has 1 aromatic carbocycles. The number of nitrogens with zero attached hydrogens (tertiary/aromatic N) is 1. The number of hydrogen-bond donors (Lipinski definition) is 0. The Hall–Kier alpha value is -1.91. The van der Waals surface area contributed by atoms with Gasteiger partial charge in [0.15, 0.2) is 0 Å². The number of hydrogen-bond acceptors (Lipinski definition) is 3. The van der Waals surface area contributed by atoms with Crippen molar-refractivity contribution in [3.05, 3.63) is 35.6 Å². The Morgan fingerprint density at radius 2 is 1.81 bits per heavy atom. The molecule has 1 amide bonds. The topological polar surface area (TPSA) is 46.6 Å². The minimum Gasteiger partial charge on any atom is -0.466 e. The van der Waals surface area contributed by atoms with Gasteiger partial charge in [-0.2, -0.15) is 0 Å². The number of amides is 1. The van der Waals surface area contributed by atoms with Crippen LogP contribution in [0.4, 0.5) is 4.39 Å². The molecule has 0 bridgehead atoms. The average Bonchev–Trinajstić information content (AvgIpc) is 3.15. The first-order chi connectivity index (χ1) is 12.6. The van der Waals surface area contributed by atoms with Crippen molar-refractivity contribution < 1.29 is 18.7 Å². The average molecular weight is 363 g/mol. The van der Waals surface area contributed by atoms with Crippen LogP contribution < -0.4 is 0 Å². The van der Waals surface area contributed by atoms with E-state index in [4.69, 9.17) is 4.74 Å². The summed E-state index contributed by atoms with van der Waals surface area (Å²) in [7, 11) is 0. The largest absolute Gasteiger partial charge is 0.466 e. The summed E-state index contributed by atoms with van der Waals surface area (Å²) in [5.74, 6) is -0.786. The predicted octanol–water partition coefficient (Wildman–Crippen LogP) is 4.72. The number of unbranched alkanes of at least 4 members (excludes halogenated alkanes) is 3. The third-order valence-electron chi connectivity index (χ3n) is 4.97. The normalized spacial score (nSPS) is 14.4. The standard InChI is InChI=1S/C21H30FNO3/c1-2-26-20(24)15-5-3-4-10-16-23(17-11-6-7-12-17)21(25)18-13-8-9-14-19(18)22/h8-9,13-14,17H,2-7,10-12,15-16H2,1H3. The van der Waals surface area contributed by atoms with Gasteiger partial charge in [-0.3, -0.25) is 9.59 Å². The summed E-state index contributed by atoms with van der Waals surface area (Å²) in [6.07, 6.45) is 8.29. The van der Waals surface area contributed by atoms with Crippen LogP contribution in [0, 0.1) is 5.82 Å². The minimum atomic E-state index is -0.449. The Morgan fingerprint density at radius 1 is 1.12 bits per heavy atom. The molecule has 1 aliphatic rings. The van der Waals surface area contributed by atoms with E-state index in [1.165, 1.54) is 6.07 Å². The number of carbonyl (C=O) groups is 2. The van der Waals surface area contributed by atoms with Gasteiger partial charge in [0.2, 0.25) is 0 Å². The van der Waals surface area contributed by atoms with Gasteiger partial charge in [-0.15, -0.1) is 0 Å². The second-order valence-corrected chi connectivity index (χ2v) is 6.89. The highest BCUT2D eigenvalue weighted by molar-refractivity contribution is 5.94. The summed E-state index contributed by atoms with van der Waals surface area (Å²) < 4.78 is 18.9. The molecule has 144 valence electrons. The molecule has 4 nitrogen and oxygen atoms in total. The van der Waals surface area contributed by atoms with Gasteiger partial charge in [0.05, 0.1) is 12.2 Å². The third-order valence-corrected chi connectivity index (χ3v) is 4.97. The monoisotopic (exact) mass is 363 g/mol. The Bertz CT molecular complexity index is 584. The van der Waals surface area contributed by atoms with E-state index < -0.39 is 5.82 Å². The maximum absolute atomic E-state index is 14.0. The highest BCUT2D eigenvalue weighted by Gasteiger charge is 2.28. The highest BCUT2D eigenvalue weighted by Crippen LogP contribution is 2.26. The molecule has 0 aliphatic heterocycles. The lowest BCUT2D eigenvalue weighted by Gasteiger charge is -2.29. The molecule has 0 heterocycles. The van der Waals surface area contributed by atoms with E-state index in [-0.39, 0.29) is 23.5 Å². The fourth-order valence-corrected chi connectivity index (χ4v) is 3.59. The lowest BCUT2D eigenvalue weighted by atomic mass is 10.1. The van der Waals surface area contributed by atoms with Crippen molar-refractivity contribution in [1.82, 2.24) is 4.90 Å². The van der Waals surface area contributed by atoms with Crippen molar-refractivity contribution in [2.24, 2.45) is 0 Å². The van der Waals surface area contributed by atoms with Crippen LogP contribution in [-0.2, 0) is 9.53 Å². The zero-order valence-electron chi connectivity index (χ0n) is 15.7. The Kier molecular flexibility index (Phi) is 8.59. The van der Waals surface area contributed by atoms with Crippen molar-refractivity contribution in [3.8, 4) is 0 Å². The van der Waals surface area contributed by atoms with Crippen LogP contribution in [0.3, 0.4) is 0 Å². The van der Waals surface area contributed by atoms with E-state index in [0.29, 0.717) is 19.6 Å². The van der Waals surface area contributed by atoms with Crippen molar-refractivity contribution >= 4 is 11.9 Å². The first-order valence-electron chi connectivity index (χ1n) is 9.84. The molecule has 1 saturated carbocycles. The quantitative estimate of drug-likeness (QED) is 0.446. The lowest BCUT2D eigenvalue weighted by Crippen LogP contribution is -2.40. The molecular formula is C21H30FNO3. The van der Waals surface area contributed by atoms with Gasteiger partial charge >= 0.3 is 5.97 Å². The molecule has 0 radical (unpaired) electrons. The van der Waals surface area contributed by atoms with E-state index >= 15 is 0 Å². The molecular weight excluding hydrogens is 333 g/mol. The summed E-state index contributed by atoms with van der Waals surface area (Å²) >= 11 is 0. The Morgan fingerprint density at radius 3 is 2.50 bits per heavy atom. The van der Waals surface area contributed by atoms with Crippen molar-refractivity contribution in [2.45, 2.75) is 70.8 Å². The zero-order chi connectivity index (χ0) is 18.8. The molecule has 1 aromatic rings. The number of carbonyl (C=O) groups excluding carboxylic acids is 2. The van der Waals surface area contributed by atoms with Crippen LogP contribution in [0.1, 0.15) is 75.1 Å². The summed E-state index contributed by atoms with van der Waals surface area (Å²) in [6.45, 7) is 2.88. The summed E-state index contributed by atoms with van der Waals surface area (Å²) in [4.78, 5) is 26.1. The zero-order valence-corrected chi connectivity index (χ0v) is 15.7. The van der Waals surface area contributed by atoms with Crippen molar-refractivity contribution in [2.75, 3.05) is 13.2 Å². The van der Waals surface area contributed by atoms with Crippen LogP contribution in [0.5, 0.6) is 0 Å². The number of esters is 1. The smallest absolute Gasteiger partial charge is 0.305 e. The molecule has 0 unspecified atom stereocenters. The number of benzene rings is 1. The maximum Gasteiger partial charge on any atom is 0.305 e. The van der Waals surface area contributed by atoms with Gasteiger partial charge < -0.3 is 9.64 Å². The molecule has 0 N–H and O–H groups in total. The molecule has 1 fully saturated rings. The fourth-order valence-electron chi connectivity index (χ4n) is 3.59. The van der Waals surface area contributed by atoms with Gasteiger partial charge in [0.25, 0.3) is 5.91 Å². The number of rotatable bonds is 10. The van der Waals surface area contributed by atoms with Crippen LogP contribution in [0.2, 0.25) is 0 Å². The minimum absolute atomic E-state index is 0.144. The van der Waals surface area contributed by atoms with Crippen LogP contribution in [-0.4, -0.2) is 36.0 Å². The van der Waals surface area contributed by atoms with E-state index in [1.807, 2.05) is 11.8 Å². The summed E-state index contributed by atoms with van der Waals surface area (Å²) in [5, 5.41) is 0. The lowest BCUT2D eigenvalue weighted by molar-refractivity contribution is -0.143. The third kappa shape index (κ3) is 6.11. The Labute approximate surface area is 155 Å². The molecule has 26 heavy (non-hydrogen) atoms. The molecule has 5 heteroatoms. The van der Waals surface area contributed by atoms with Crippen LogP contribution in [0.15, 0.2) is 24.3 Å². The predicted molar refractivity (Wildman–Crippen MR) is 99.4 cm³/mol. The van der Waals surface area contributed by atoms with Gasteiger partial charge in [-0.25, -0.2) is 4.39 Å². The van der Waals surface area contributed by atoms with Crippen molar-refractivity contribution in [3.63, 3.8) is 0 Å². The van der Waals surface area contributed by atoms with Gasteiger partial charge in [-0.1, -0.05) is 37.8 Å². The first kappa shape index (κ1) is 20.4. The van der Waals surface area contributed by atoms with E-state index in [1.54, 1.807) is 18.2 Å².